The number of rotatable bonds is 3. The summed E-state index contributed by atoms with van der Waals surface area (Å²) in [6.45, 7) is 7.05. The minimum atomic E-state index is -0.0112. The van der Waals surface area contributed by atoms with Crippen LogP contribution in [-0.4, -0.2) is 14.8 Å². The maximum Gasteiger partial charge on any atom is 0.156 e. The number of benzene rings is 1. The van der Waals surface area contributed by atoms with Gasteiger partial charge in [0.05, 0.1) is 6.54 Å². The van der Waals surface area contributed by atoms with Crippen LogP contribution in [0.5, 0.6) is 0 Å². The molecule has 2 aromatic rings. The molecule has 1 aromatic carbocycles. The van der Waals surface area contributed by atoms with Crippen molar-refractivity contribution >= 4 is 5.69 Å². The molecule has 0 bridgehead atoms. The van der Waals surface area contributed by atoms with Crippen molar-refractivity contribution in [2.24, 2.45) is 7.05 Å². The Morgan fingerprint density at radius 2 is 1.83 bits per heavy atom. The lowest BCUT2D eigenvalue weighted by Crippen LogP contribution is -2.13. The van der Waals surface area contributed by atoms with Gasteiger partial charge in [0.2, 0.25) is 0 Å². The van der Waals surface area contributed by atoms with Crippen LogP contribution in [0.4, 0.5) is 5.69 Å². The standard InChI is InChI=1S/C14H20N4/c1-14(2,3)13-16-12(18(4)17-13)10-15-11-8-6-5-7-9-11/h5-9,15H,10H2,1-4H3. The number of hydrogen-bond donors (Lipinski definition) is 1. The van der Waals surface area contributed by atoms with Crippen molar-refractivity contribution in [3.8, 4) is 0 Å². The van der Waals surface area contributed by atoms with Crippen molar-refractivity contribution in [2.45, 2.75) is 32.7 Å². The van der Waals surface area contributed by atoms with Gasteiger partial charge in [0, 0.05) is 18.2 Å². The summed E-state index contributed by atoms with van der Waals surface area (Å²) >= 11 is 0. The van der Waals surface area contributed by atoms with Gasteiger partial charge in [-0.2, -0.15) is 5.10 Å². The van der Waals surface area contributed by atoms with Gasteiger partial charge in [-0.05, 0) is 12.1 Å². The second-order valence-corrected chi connectivity index (χ2v) is 5.44. The highest BCUT2D eigenvalue weighted by Crippen LogP contribution is 2.18. The van der Waals surface area contributed by atoms with Crippen LogP contribution in [-0.2, 0) is 19.0 Å². The van der Waals surface area contributed by atoms with E-state index in [1.165, 1.54) is 0 Å². The Balaban J connectivity index is 2.09. The molecule has 0 spiro atoms. The zero-order chi connectivity index (χ0) is 13.2. The van der Waals surface area contributed by atoms with E-state index in [-0.39, 0.29) is 5.41 Å². The molecule has 4 nitrogen and oxygen atoms in total. The Morgan fingerprint density at radius 1 is 1.17 bits per heavy atom. The Bertz CT molecular complexity index is 508. The second-order valence-electron chi connectivity index (χ2n) is 5.44. The molecule has 0 unspecified atom stereocenters. The van der Waals surface area contributed by atoms with Crippen LogP contribution in [0.2, 0.25) is 0 Å². The van der Waals surface area contributed by atoms with Crippen LogP contribution >= 0.6 is 0 Å². The van der Waals surface area contributed by atoms with Crippen molar-refractivity contribution in [1.29, 1.82) is 0 Å². The van der Waals surface area contributed by atoms with E-state index in [9.17, 15) is 0 Å². The van der Waals surface area contributed by atoms with E-state index in [0.717, 1.165) is 17.3 Å². The molecule has 4 heteroatoms. The quantitative estimate of drug-likeness (QED) is 0.902. The van der Waals surface area contributed by atoms with Crippen molar-refractivity contribution in [1.82, 2.24) is 14.8 Å². The minimum Gasteiger partial charge on any atom is -0.378 e. The largest absolute Gasteiger partial charge is 0.378 e. The molecule has 0 saturated heterocycles. The van der Waals surface area contributed by atoms with Gasteiger partial charge >= 0.3 is 0 Å². The molecule has 1 heterocycles. The number of aryl methyl sites for hydroxylation is 1. The molecule has 18 heavy (non-hydrogen) atoms. The summed E-state index contributed by atoms with van der Waals surface area (Å²) in [5.74, 6) is 1.83. The Labute approximate surface area is 108 Å². The molecule has 1 N–H and O–H groups in total. The molecule has 0 saturated carbocycles. The van der Waals surface area contributed by atoms with E-state index < -0.39 is 0 Å². The molecule has 0 amide bonds. The molecule has 1 aromatic heterocycles. The molecule has 0 radical (unpaired) electrons. The molecule has 0 aliphatic carbocycles. The molecular weight excluding hydrogens is 224 g/mol. The van der Waals surface area contributed by atoms with Crippen molar-refractivity contribution < 1.29 is 0 Å². The fraction of sp³-hybridized carbons (Fsp3) is 0.429. The maximum atomic E-state index is 4.59. The van der Waals surface area contributed by atoms with E-state index in [1.807, 2.05) is 42.1 Å². The summed E-state index contributed by atoms with van der Waals surface area (Å²) in [7, 11) is 1.93. The van der Waals surface area contributed by atoms with Gasteiger partial charge in [0.25, 0.3) is 0 Å². The van der Waals surface area contributed by atoms with Crippen LogP contribution in [0, 0.1) is 0 Å². The smallest absolute Gasteiger partial charge is 0.156 e. The lowest BCUT2D eigenvalue weighted by atomic mass is 9.96. The summed E-state index contributed by atoms with van der Waals surface area (Å²) in [4.78, 5) is 4.59. The predicted molar refractivity (Wildman–Crippen MR) is 73.5 cm³/mol. The lowest BCUT2D eigenvalue weighted by Gasteiger charge is -2.12. The van der Waals surface area contributed by atoms with E-state index in [0.29, 0.717) is 6.54 Å². The fourth-order valence-electron chi connectivity index (χ4n) is 1.63. The fourth-order valence-corrected chi connectivity index (χ4v) is 1.63. The third-order valence-electron chi connectivity index (χ3n) is 2.75. The molecule has 96 valence electrons. The summed E-state index contributed by atoms with van der Waals surface area (Å²) in [6.07, 6.45) is 0. The molecule has 0 aliphatic rings. The zero-order valence-electron chi connectivity index (χ0n) is 11.4. The average Bonchev–Trinajstić information content (AvgIpc) is 2.69. The number of nitrogens with one attached hydrogen (secondary N) is 1. The van der Waals surface area contributed by atoms with Crippen LogP contribution in [0.15, 0.2) is 30.3 Å². The first-order chi connectivity index (χ1) is 8.47. The van der Waals surface area contributed by atoms with E-state index in [2.05, 4.69) is 36.2 Å². The monoisotopic (exact) mass is 244 g/mol. The van der Waals surface area contributed by atoms with Gasteiger partial charge in [0.1, 0.15) is 5.82 Å². The first-order valence-electron chi connectivity index (χ1n) is 6.16. The lowest BCUT2D eigenvalue weighted by molar-refractivity contribution is 0.538. The minimum absolute atomic E-state index is 0.0112. The van der Waals surface area contributed by atoms with Crippen molar-refractivity contribution in [3.05, 3.63) is 42.0 Å². The second kappa shape index (κ2) is 4.80. The third-order valence-corrected chi connectivity index (χ3v) is 2.75. The number of nitrogens with zero attached hydrogens (tertiary/aromatic N) is 3. The summed E-state index contributed by atoms with van der Waals surface area (Å²) in [5, 5.41) is 7.80. The zero-order valence-corrected chi connectivity index (χ0v) is 11.4. The molecule has 0 aliphatic heterocycles. The van der Waals surface area contributed by atoms with Gasteiger partial charge in [-0.25, -0.2) is 4.98 Å². The molecule has 0 fully saturated rings. The van der Waals surface area contributed by atoms with Crippen LogP contribution in [0.25, 0.3) is 0 Å². The van der Waals surface area contributed by atoms with Crippen LogP contribution < -0.4 is 5.32 Å². The van der Waals surface area contributed by atoms with Gasteiger partial charge in [0.15, 0.2) is 5.82 Å². The third kappa shape index (κ3) is 2.88. The Hall–Kier alpha value is -1.84. The maximum absolute atomic E-state index is 4.59. The van der Waals surface area contributed by atoms with Crippen molar-refractivity contribution in [2.75, 3.05) is 5.32 Å². The summed E-state index contributed by atoms with van der Waals surface area (Å²) in [6, 6.07) is 10.1. The number of aromatic nitrogens is 3. The summed E-state index contributed by atoms with van der Waals surface area (Å²) in [5.41, 5.74) is 1.08. The normalized spacial score (nSPS) is 11.6. The van der Waals surface area contributed by atoms with E-state index >= 15 is 0 Å². The summed E-state index contributed by atoms with van der Waals surface area (Å²) < 4.78 is 1.84. The van der Waals surface area contributed by atoms with Crippen LogP contribution in [0.3, 0.4) is 0 Å². The number of hydrogen-bond acceptors (Lipinski definition) is 3. The van der Waals surface area contributed by atoms with Gasteiger partial charge in [-0.3, -0.25) is 4.68 Å². The number of anilines is 1. The molecule has 0 atom stereocenters. The highest BCUT2D eigenvalue weighted by Gasteiger charge is 2.20. The molecule has 2 rings (SSSR count). The first kappa shape index (κ1) is 12.6. The first-order valence-corrected chi connectivity index (χ1v) is 6.16. The predicted octanol–water partition coefficient (Wildman–Crippen LogP) is 2.72. The highest BCUT2D eigenvalue weighted by molar-refractivity contribution is 5.42. The van der Waals surface area contributed by atoms with Gasteiger partial charge in [-0.1, -0.05) is 39.0 Å². The SMILES string of the molecule is Cn1nc(C(C)(C)C)nc1CNc1ccccc1. The highest BCUT2D eigenvalue weighted by atomic mass is 15.3. The van der Waals surface area contributed by atoms with E-state index in [4.69, 9.17) is 0 Å². The van der Waals surface area contributed by atoms with E-state index in [1.54, 1.807) is 0 Å². The number of para-hydroxylation sites is 1. The van der Waals surface area contributed by atoms with Crippen LogP contribution in [0.1, 0.15) is 32.4 Å². The molecular formula is C14H20N4. The van der Waals surface area contributed by atoms with Gasteiger partial charge in [-0.15, -0.1) is 0 Å². The van der Waals surface area contributed by atoms with Crippen molar-refractivity contribution in [3.63, 3.8) is 0 Å². The average molecular weight is 244 g/mol. The topological polar surface area (TPSA) is 42.7 Å². The Kier molecular flexibility index (Phi) is 3.36. The van der Waals surface area contributed by atoms with Gasteiger partial charge < -0.3 is 5.32 Å². The Morgan fingerprint density at radius 3 is 2.39 bits per heavy atom.